The monoisotopic (exact) mass is 271 g/mol. The number of hydrogen-bond acceptors (Lipinski definition) is 3. The molecule has 1 amide bonds. The van der Waals surface area contributed by atoms with Crippen LogP contribution in [0.25, 0.3) is 0 Å². The Bertz CT molecular complexity index is 290. The fourth-order valence-electron chi connectivity index (χ4n) is 2.41. The molecular weight excluding hydrogens is 246 g/mol. The summed E-state index contributed by atoms with van der Waals surface area (Å²) in [5, 5.41) is 0. The summed E-state index contributed by atoms with van der Waals surface area (Å²) in [6, 6.07) is -0.0672. The molecule has 0 aromatic rings. The topological polar surface area (TPSA) is 49.6 Å². The van der Waals surface area contributed by atoms with Gasteiger partial charge in [0.15, 0.2) is 0 Å². The Labute approximate surface area is 115 Å². The second kappa shape index (κ2) is 7.69. The average Bonchev–Trinajstić information content (AvgIpc) is 2.39. The predicted molar refractivity (Wildman–Crippen MR) is 78.5 cm³/mol. The summed E-state index contributed by atoms with van der Waals surface area (Å²) in [6.45, 7) is 7.50. The van der Waals surface area contributed by atoms with E-state index in [4.69, 9.17) is 18.0 Å². The Balaban J connectivity index is 2.50. The number of carbonyl (C=O) groups excluding carboxylic acids is 1. The number of piperidine rings is 1. The zero-order valence-corrected chi connectivity index (χ0v) is 12.3. The van der Waals surface area contributed by atoms with Gasteiger partial charge >= 0.3 is 0 Å². The first-order valence-electron chi connectivity index (χ1n) is 6.87. The van der Waals surface area contributed by atoms with Crippen molar-refractivity contribution < 1.29 is 4.79 Å². The number of thiocarbonyl (C=S) groups is 1. The largest absolute Gasteiger partial charge is 0.393 e. The number of nitrogens with zero attached hydrogens (tertiary/aromatic N) is 2. The van der Waals surface area contributed by atoms with E-state index in [-0.39, 0.29) is 11.9 Å². The Morgan fingerprint density at radius 1 is 1.39 bits per heavy atom. The van der Waals surface area contributed by atoms with Crippen LogP contribution in [-0.4, -0.2) is 52.9 Å². The van der Waals surface area contributed by atoms with Gasteiger partial charge in [-0.05, 0) is 32.7 Å². The number of rotatable bonds is 6. The molecule has 0 saturated carbocycles. The number of likely N-dealkylation sites (tertiary alicyclic amines) is 1. The number of amides is 1. The number of hydrogen-bond donors (Lipinski definition) is 1. The molecule has 18 heavy (non-hydrogen) atoms. The molecule has 1 rings (SSSR count). The Morgan fingerprint density at radius 2 is 2.00 bits per heavy atom. The maximum atomic E-state index is 12.4. The van der Waals surface area contributed by atoms with E-state index >= 15 is 0 Å². The molecular formula is C13H25N3OS. The van der Waals surface area contributed by atoms with Gasteiger partial charge in [0.25, 0.3) is 0 Å². The molecule has 5 heteroatoms. The lowest BCUT2D eigenvalue weighted by molar-refractivity contribution is -0.137. The second-order valence-corrected chi connectivity index (χ2v) is 5.43. The van der Waals surface area contributed by atoms with Gasteiger partial charge < -0.3 is 10.6 Å². The van der Waals surface area contributed by atoms with Crippen LogP contribution >= 0.6 is 12.2 Å². The van der Waals surface area contributed by atoms with Crippen molar-refractivity contribution in [3.63, 3.8) is 0 Å². The molecule has 1 unspecified atom stereocenters. The lowest BCUT2D eigenvalue weighted by Crippen LogP contribution is -2.49. The predicted octanol–water partition coefficient (Wildman–Crippen LogP) is 1.39. The lowest BCUT2D eigenvalue weighted by atomic mass is 10.1. The molecule has 1 aliphatic rings. The van der Waals surface area contributed by atoms with Crippen molar-refractivity contribution in [2.75, 3.05) is 26.2 Å². The zero-order valence-electron chi connectivity index (χ0n) is 11.5. The smallest absolute Gasteiger partial charge is 0.239 e. The molecule has 104 valence electrons. The molecule has 0 bridgehead atoms. The molecule has 1 saturated heterocycles. The lowest BCUT2D eigenvalue weighted by Gasteiger charge is -2.34. The van der Waals surface area contributed by atoms with E-state index in [0.29, 0.717) is 11.4 Å². The second-order valence-electron chi connectivity index (χ2n) is 4.91. The highest BCUT2D eigenvalue weighted by molar-refractivity contribution is 7.80. The standard InChI is InChI=1S/C13H25N3OS/c1-3-15(10-7-12(14)18)11(2)13(17)16-8-5-4-6-9-16/h11H,3-10H2,1-2H3,(H2,14,18). The quantitative estimate of drug-likeness (QED) is 0.742. The van der Waals surface area contributed by atoms with Crippen molar-refractivity contribution in [1.29, 1.82) is 0 Å². The summed E-state index contributed by atoms with van der Waals surface area (Å²) in [5.41, 5.74) is 5.52. The summed E-state index contributed by atoms with van der Waals surface area (Å²) in [7, 11) is 0. The van der Waals surface area contributed by atoms with Gasteiger partial charge in [0.05, 0.1) is 11.0 Å². The normalized spacial score (nSPS) is 17.8. The van der Waals surface area contributed by atoms with Gasteiger partial charge in [0.2, 0.25) is 5.91 Å². The highest BCUT2D eigenvalue weighted by atomic mass is 32.1. The molecule has 1 atom stereocenters. The first-order valence-corrected chi connectivity index (χ1v) is 7.28. The number of carbonyl (C=O) groups is 1. The van der Waals surface area contributed by atoms with Crippen molar-refractivity contribution in [3.8, 4) is 0 Å². The van der Waals surface area contributed by atoms with Crippen LogP contribution in [0.3, 0.4) is 0 Å². The zero-order chi connectivity index (χ0) is 13.5. The van der Waals surface area contributed by atoms with E-state index in [1.807, 2.05) is 11.8 Å². The molecule has 0 radical (unpaired) electrons. The summed E-state index contributed by atoms with van der Waals surface area (Å²) in [5.74, 6) is 0.250. The molecule has 0 spiro atoms. The Kier molecular flexibility index (Phi) is 6.57. The minimum Gasteiger partial charge on any atom is -0.393 e. The van der Waals surface area contributed by atoms with Crippen LogP contribution in [0, 0.1) is 0 Å². The number of nitrogens with two attached hydrogens (primary N) is 1. The molecule has 4 nitrogen and oxygen atoms in total. The number of likely N-dealkylation sites (N-methyl/N-ethyl adjacent to an activating group) is 1. The van der Waals surface area contributed by atoms with E-state index in [1.165, 1.54) is 6.42 Å². The Morgan fingerprint density at radius 3 is 2.50 bits per heavy atom. The first-order chi connectivity index (χ1) is 8.56. The van der Waals surface area contributed by atoms with Crippen LogP contribution in [0.1, 0.15) is 39.5 Å². The van der Waals surface area contributed by atoms with Crippen molar-refractivity contribution in [3.05, 3.63) is 0 Å². The molecule has 1 fully saturated rings. The van der Waals surface area contributed by atoms with E-state index in [0.717, 1.165) is 39.0 Å². The van der Waals surface area contributed by atoms with Crippen LogP contribution in [0.4, 0.5) is 0 Å². The van der Waals surface area contributed by atoms with Crippen LogP contribution in [0.2, 0.25) is 0 Å². The van der Waals surface area contributed by atoms with Gasteiger partial charge in [0, 0.05) is 26.1 Å². The first kappa shape index (κ1) is 15.4. The highest BCUT2D eigenvalue weighted by Gasteiger charge is 2.25. The third kappa shape index (κ3) is 4.53. The van der Waals surface area contributed by atoms with Crippen molar-refractivity contribution in [2.45, 2.75) is 45.6 Å². The third-order valence-corrected chi connectivity index (χ3v) is 3.83. The molecule has 0 aliphatic carbocycles. The SMILES string of the molecule is CCN(CCC(N)=S)C(C)C(=O)N1CCCCC1. The summed E-state index contributed by atoms with van der Waals surface area (Å²) >= 11 is 4.89. The molecule has 2 N–H and O–H groups in total. The summed E-state index contributed by atoms with van der Waals surface area (Å²) in [6.07, 6.45) is 4.20. The summed E-state index contributed by atoms with van der Waals surface area (Å²) in [4.78, 5) is 17.0. The van der Waals surface area contributed by atoms with Crippen LogP contribution < -0.4 is 5.73 Å². The van der Waals surface area contributed by atoms with Crippen molar-refractivity contribution in [1.82, 2.24) is 9.80 Å². The molecule has 0 aromatic heterocycles. The third-order valence-electron chi connectivity index (χ3n) is 3.62. The van der Waals surface area contributed by atoms with Gasteiger partial charge in [0.1, 0.15) is 0 Å². The highest BCUT2D eigenvalue weighted by Crippen LogP contribution is 2.12. The molecule has 1 heterocycles. The molecule has 1 aliphatic heterocycles. The van der Waals surface area contributed by atoms with Crippen LogP contribution in [0.15, 0.2) is 0 Å². The minimum absolute atomic E-state index is 0.0672. The minimum atomic E-state index is -0.0672. The van der Waals surface area contributed by atoms with E-state index < -0.39 is 0 Å². The summed E-state index contributed by atoms with van der Waals surface area (Å²) < 4.78 is 0. The van der Waals surface area contributed by atoms with Gasteiger partial charge in [-0.25, -0.2) is 0 Å². The maximum Gasteiger partial charge on any atom is 0.239 e. The fourth-order valence-corrected chi connectivity index (χ4v) is 2.51. The van der Waals surface area contributed by atoms with Gasteiger partial charge in [-0.15, -0.1) is 0 Å². The van der Waals surface area contributed by atoms with E-state index in [1.54, 1.807) is 0 Å². The van der Waals surface area contributed by atoms with E-state index in [9.17, 15) is 4.79 Å². The molecule has 0 aromatic carbocycles. The Hall–Kier alpha value is -0.680. The van der Waals surface area contributed by atoms with Gasteiger partial charge in [-0.3, -0.25) is 9.69 Å². The van der Waals surface area contributed by atoms with Crippen LogP contribution in [-0.2, 0) is 4.79 Å². The van der Waals surface area contributed by atoms with E-state index in [2.05, 4.69) is 11.8 Å². The van der Waals surface area contributed by atoms with Crippen LogP contribution in [0.5, 0.6) is 0 Å². The fraction of sp³-hybridized carbons (Fsp3) is 0.846. The van der Waals surface area contributed by atoms with Gasteiger partial charge in [-0.1, -0.05) is 19.1 Å². The maximum absolute atomic E-state index is 12.4. The van der Waals surface area contributed by atoms with Crippen molar-refractivity contribution in [2.24, 2.45) is 5.73 Å². The van der Waals surface area contributed by atoms with Gasteiger partial charge in [-0.2, -0.15) is 0 Å². The van der Waals surface area contributed by atoms with Crippen molar-refractivity contribution >= 4 is 23.1 Å². The average molecular weight is 271 g/mol.